The molecule has 0 aliphatic heterocycles. The fourth-order valence-corrected chi connectivity index (χ4v) is 2.98. The van der Waals surface area contributed by atoms with E-state index in [9.17, 15) is 13.5 Å². The summed E-state index contributed by atoms with van der Waals surface area (Å²) in [6, 6.07) is 8.34. The maximum atomic E-state index is 12.0. The van der Waals surface area contributed by atoms with Gasteiger partial charge in [-0.1, -0.05) is 12.1 Å². The van der Waals surface area contributed by atoms with Crippen molar-refractivity contribution in [2.24, 2.45) is 0 Å². The van der Waals surface area contributed by atoms with Gasteiger partial charge in [0, 0.05) is 12.1 Å². The van der Waals surface area contributed by atoms with E-state index in [2.05, 4.69) is 4.72 Å². The molecule has 1 aromatic heterocycles. The molecule has 2 N–H and O–H groups in total. The van der Waals surface area contributed by atoms with Gasteiger partial charge in [-0.05, 0) is 37.1 Å². The van der Waals surface area contributed by atoms with Crippen LogP contribution in [-0.2, 0) is 10.0 Å². The van der Waals surface area contributed by atoms with E-state index in [0.29, 0.717) is 5.56 Å². The van der Waals surface area contributed by atoms with Gasteiger partial charge in [-0.25, -0.2) is 13.1 Å². The summed E-state index contributed by atoms with van der Waals surface area (Å²) in [7, 11) is -3.53. The van der Waals surface area contributed by atoms with Gasteiger partial charge in [-0.3, -0.25) is 0 Å². The molecule has 1 atom stereocenters. The van der Waals surface area contributed by atoms with Crippen LogP contribution in [0.2, 0.25) is 0 Å². The van der Waals surface area contributed by atoms with Crippen molar-refractivity contribution in [1.82, 2.24) is 4.72 Å². The zero-order valence-electron chi connectivity index (χ0n) is 11.1. The average molecular weight is 295 g/mol. The fraction of sp³-hybridized carbons (Fsp3) is 0.286. The first-order chi connectivity index (χ1) is 9.49. The molecule has 0 saturated heterocycles. The van der Waals surface area contributed by atoms with Gasteiger partial charge >= 0.3 is 0 Å². The van der Waals surface area contributed by atoms with E-state index >= 15 is 0 Å². The molecule has 20 heavy (non-hydrogen) atoms. The second kappa shape index (κ2) is 6.21. The minimum Gasteiger partial charge on any atom is -0.472 e. The highest BCUT2D eigenvalue weighted by molar-refractivity contribution is 7.89. The highest BCUT2D eigenvalue weighted by Crippen LogP contribution is 2.16. The van der Waals surface area contributed by atoms with Crippen molar-refractivity contribution in [2.45, 2.75) is 24.3 Å². The van der Waals surface area contributed by atoms with Crippen LogP contribution in [0.3, 0.4) is 0 Å². The summed E-state index contributed by atoms with van der Waals surface area (Å²) in [4.78, 5) is 0.232. The molecule has 108 valence electrons. The van der Waals surface area contributed by atoms with Crippen LogP contribution in [0.15, 0.2) is 52.2 Å². The number of aliphatic hydroxyl groups is 1. The Balaban J connectivity index is 1.93. The van der Waals surface area contributed by atoms with Crippen molar-refractivity contribution in [3.63, 3.8) is 0 Å². The maximum absolute atomic E-state index is 12.0. The van der Waals surface area contributed by atoms with Gasteiger partial charge in [-0.2, -0.15) is 0 Å². The van der Waals surface area contributed by atoms with Crippen molar-refractivity contribution in [1.29, 1.82) is 0 Å². The molecular weight excluding hydrogens is 278 g/mol. The first-order valence-electron chi connectivity index (χ1n) is 6.25. The van der Waals surface area contributed by atoms with Gasteiger partial charge in [0.25, 0.3) is 0 Å². The summed E-state index contributed by atoms with van der Waals surface area (Å²) < 4.78 is 31.4. The quantitative estimate of drug-likeness (QED) is 0.854. The topological polar surface area (TPSA) is 79.5 Å². The van der Waals surface area contributed by atoms with E-state index in [-0.39, 0.29) is 17.9 Å². The largest absolute Gasteiger partial charge is 0.472 e. The van der Waals surface area contributed by atoms with Crippen LogP contribution in [0.4, 0.5) is 0 Å². The lowest BCUT2D eigenvalue weighted by Crippen LogP contribution is -2.26. The molecule has 0 amide bonds. The maximum Gasteiger partial charge on any atom is 0.240 e. The van der Waals surface area contributed by atoms with E-state index in [0.717, 1.165) is 5.56 Å². The Labute approximate surface area is 118 Å². The molecule has 5 nitrogen and oxygen atoms in total. The molecule has 2 aromatic rings. The lowest BCUT2D eigenvalue weighted by atomic mass is 10.1. The van der Waals surface area contributed by atoms with Crippen molar-refractivity contribution in [3.8, 4) is 0 Å². The molecule has 0 aliphatic carbocycles. The van der Waals surface area contributed by atoms with Crippen LogP contribution >= 0.6 is 0 Å². The molecule has 6 heteroatoms. The molecule has 2 rings (SSSR count). The van der Waals surface area contributed by atoms with Crippen molar-refractivity contribution < 1.29 is 17.9 Å². The molecule has 0 saturated carbocycles. The van der Waals surface area contributed by atoms with Gasteiger partial charge in [-0.15, -0.1) is 0 Å². The number of hydrogen-bond donors (Lipinski definition) is 2. The van der Waals surface area contributed by atoms with E-state index in [1.165, 1.54) is 12.5 Å². The van der Waals surface area contributed by atoms with Crippen LogP contribution in [0.1, 0.15) is 23.7 Å². The summed E-state index contributed by atoms with van der Waals surface area (Å²) in [6.07, 6.45) is 2.45. The van der Waals surface area contributed by atoms with E-state index in [1.807, 2.05) is 13.0 Å². The highest BCUT2D eigenvalue weighted by atomic mass is 32.2. The number of furan rings is 1. The van der Waals surface area contributed by atoms with Gasteiger partial charge in [0.1, 0.15) is 0 Å². The monoisotopic (exact) mass is 295 g/mol. The third kappa shape index (κ3) is 3.69. The zero-order valence-corrected chi connectivity index (χ0v) is 11.9. The number of benzene rings is 1. The van der Waals surface area contributed by atoms with Crippen molar-refractivity contribution >= 4 is 10.0 Å². The minimum atomic E-state index is -3.53. The summed E-state index contributed by atoms with van der Waals surface area (Å²) >= 11 is 0. The van der Waals surface area contributed by atoms with Gasteiger partial charge in [0.15, 0.2) is 0 Å². The molecule has 0 bridgehead atoms. The second-order valence-corrected chi connectivity index (χ2v) is 6.34. The standard InChI is InChI=1S/C14H17NO4S/c1-11-3-2-4-13(9-11)20(17,18)15-7-5-14(16)12-6-8-19-10-12/h2-4,6,8-10,14-16H,5,7H2,1H3. The minimum absolute atomic E-state index is 0.155. The predicted octanol–water partition coefficient (Wildman–Crippen LogP) is 1.99. The number of rotatable bonds is 6. The molecule has 1 unspecified atom stereocenters. The third-order valence-electron chi connectivity index (χ3n) is 2.94. The number of sulfonamides is 1. The van der Waals surface area contributed by atoms with Crippen LogP contribution in [0.5, 0.6) is 0 Å². The smallest absolute Gasteiger partial charge is 0.240 e. The molecule has 0 aliphatic rings. The van der Waals surface area contributed by atoms with Crippen molar-refractivity contribution in [3.05, 3.63) is 54.0 Å². The Morgan fingerprint density at radius 2 is 2.15 bits per heavy atom. The van der Waals surface area contributed by atoms with Crippen LogP contribution in [-0.4, -0.2) is 20.1 Å². The number of nitrogens with one attached hydrogen (secondary N) is 1. The zero-order chi connectivity index (χ0) is 14.6. The lowest BCUT2D eigenvalue weighted by molar-refractivity contribution is 0.168. The Morgan fingerprint density at radius 1 is 1.35 bits per heavy atom. The molecule has 0 spiro atoms. The molecule has 0 fully saturated rings. The highest BCUT2D eigenvalue weighted by Gasteiger charge is 2.15. The fourth-order valence-electron chi connectivity index (χ4n) is 1.83. The first kappa shape index (κ1) is 14.8. The van der Waals surface area contributed by atoms with Gasteiger partial charge in [0.2, 0.25) is 10.0 Å². The number of hydrogen-bond acceptors (Lipinski definition) is 4. The Hall–Kier alpha value is -1.63. The predicted molar refractivity (Wildman–Crippen MR) is 74.7 cm³/mol. The number of aryl methyl sites for hydroxylation is 1. The van der Waals surface area contributed by atoms with Crippen LogP contribution < -0.4 is 4.72 Å². The van der Waals surface area contributed by atoms with E-state index in [1.54, 1.807) is 24.3 Å². The summed E-state index contributed by atoms with van der Waals surface area (Å²) in [5.41, 5.74) is 1.52. The SMILES string of the molecule is Cc1cccc(S(=O)(=O)NCCC(O)c2ccoc2)c1. The Kier molecular flexibility index (Phi) is 4.59. The Morgan fingerprint density at radius 3 is 2.80 bits per heavy atom. The molecule has 1 aromatic carbocycles. The van der Waals surface area contributed by atoms with Gasteiger partial charge < -0.3 is 9.52 Å². The normalized spacial score (nSPS) is 13.3. The molecular formula is C14H17NO4S. The Bertz CT molecular complexity index is 650. The van der Waals surface area contributed by atoms with Crippen LogP contribution in [0, 0.1) is 6.92 Å². The summed E-state index contributed by atoms with van der Waals surface area (Å²) in [5, 5.41) is 9.83. The average Bonchev–Trinajstić information content (AvgIpc) is 2.92. The lowest BCUT2D eigenvalue weighted by Gasteiger charge is -2.10. The van der Waals surface area contributed by atoms with Gasteiger partial charge in [0.05, 0.1) is 23.5 Å². The van der Waals surface area contributed by atoms with E-state index in [4.69, 9.17) is 4.42 Å². The first-order valence-corrected chi connectivity index (χ1v) is 7.74. The van der Waals surface area contributed by atoms with Crippen molar-refractivity contribution in [2.75, 3.05) is 6.54 Å². The molecule has 0 radical (unpaired) electrons. The van der Waals surface area contributed by atoms with Crippen LogP contribution in [0.25, 0.3) is 0 Å². The van der Waals surface area contributed by atoms with E-state index < -0.39 is 16.1 Å². The summed E-state index contributed by atoms with van der Waals surface area (Å²) in [5.74, 6) is 0. The number of aliphatic hydroxyl groups excluding tert-OH is 1. The molecule has 1 heterocycles. The third-order valence-corrected chi connectivity index (χ3v) is 4.40. The second-order valence-electron chi connectivity index (χ2n) is 4.58. The summed E-state index contributed by atoms with van der Waals surface area (Å²) in [6.45, 7) is 1.99.